The third kappa shape index (κ3) is 2.63. The molecule has 14 heavy (non-hydrogen) atoms. The first-order valence-corrected chi connectivity index (χ1v) is 4.24. The zero-order valence-corrected chi connectivity index (χ0v) is 8.53. The van der Waals surface area contributed by atoms with Gasteiger partial charge in [0.1, 0.15) is 12.1 Å². The van der Waals surface area contributed by atoms with Crippen LogP contribution in [0.3, 0.4) is 0 Å². The van der Waals surface area contributed by atoms with Gasteiger partial charge in [0, 0.05) is 13.1 Å². The summed E-state index contributed by atoms with van der Waals surface area (Å²) >= 11 is 0. The largest absolute Gasteiger partial charge is 0.458 e. The number of rotatable bonds is 3. The summed E-state index contributed by atoms with van der Waals surface area (Å²) in [5, 5.41) is 2.89. The Bertz CT molecular complexity index is 355. The summed E-state index contributed by atoms with van der Waals surface area (Å²) in [6.45, 7) is 3.60. The molecule has 0 saturated carbocycles. The summed E-state index contributed by atoms with van der Waals surface area (Å²) in [6, 6.07) is 1.69. The maximum atomic E-state index is 5.47. The molecule has 0 amide bonds. The first-order valence-electron chi connectivity index (χ1n) is 4.24. The number of nitrogens with zero attached hydrogens (tertiary/aromatic N) is 2. The van der Waals surface area contributed by atoms with Gasteiger partial charge in [0.2, 0.25) is 5.88 Å². The lowest BCUT2D eigenvalue weighted by molar-refractivity contribution is 0.164. The van der Waals surface area contributed by atoms with Gasteiger partial charge in [0.15, 0.2) is 5.60 Å². The van der Waals surface area contributed by atoms with E-state index in [1.54, 1.807) is 27.0 Å². The lowest BCUT2D eigenvalue weighted by atomic mass is 10.1. The van der Waals surface area contributed by atoms with Crippen LogP contribution in [-0.2, 0) is 0 Å². The van der Waals surface area contributed by atoms with Crippen molar-refractivity contribution in [1.29, 1.82) is 0 Å². The summed E-state index contributed by atoms with van der Waals surface area (Å²) < 4.78 is 5.47. The molecule has 1 aromatic heterocycles. The summed E-state index contributed by atoms with van der Waals surface area (Å²) in [4.78, 5) is 7.91. The molecule has 1 rings (SSSR count). The highest BCUT2D eigenvalue weighted by Crippen LogP contribution is 2.16. The first-order chi connectivity index (χ1) is 6.57. The number of hydrogen-bond donors (Lipinski definition) is 1. The lowest BCUT2D eigenvalue weighted by Gasteiger charge is -2.19. The molecule has 1 heterocycles. The Kier molecular flexibility index (Phi) is 2.92. The van der Waals surface area contributed by atoms with Crippen molar-refractivity contribution in [2.45, 2.75) is 19.4 Å². The van der Waals surface area contributed by atoms with Gasteiger partial charge in [-0.3, -0.25) is 0 Å². The average molecular weight is 191 g/mol. The first kappa shape index (κ1) is 10.3. The van der Waals surface area contributed by atoms with Crippen LogP contribution in [0.15, 0.2) is 12.4 Å². The maximum absolute atomic E-state index is 5.47. The van der Waals surface area contributed by atoms with Crippen LogP contribution in [0, 0.1) is 12.3 Å². The van der Waals surface area contributed by atoms with Gasteiger partial charge in [-0.15, -0.1) is 6.42 Å². The van der Waals surface area contributed by atoms with Crippen molar-refractivity contribution in [2.24, 2.45) is 0 Å². The highest BCUT2D eigenvalue weighted by Gasteiger charge is 2.16. The van der Waals surface area contributed by atoms with E-state index < -0.39 is 5.60 Å². The third-order valence-electron chi connectivity index (χ3n) is 1.61. The van der Waals surface area contributed by atoms with Crippen molar-refractivity contribution >= 4 is 5.82 Å². The van der Waals surface area contributed by atoms with E-state index in [2.05, 4.69) is 21.2 Å². The quantitative estimate of drug-likeness (QED) is 0.732. The summed E-state index contributed by atoms with van der Waals surface area (Å²) in [5.41, 5.74) is -0.653. The van der Waals surface area contributed by atoms with E-state index in [1.807, 2.05) is 0 Å². The van der Waals surface area contributed by atoms with Crippen molar-refractivity contribution in [3.8, 4) is 18.2 Å². The van der Waals surface area contributed by atoms with Gasteiger partial charge in [-0.1, -0.05) is 5.92 Å². The molecule has 0 atom stereocenters. The van der Waals surface area contributed by atoms with Crippen LogP contribution < -0.4 is 10.1 Å². The number of hydrogen-bond acceptors (Lipinski definition) is 4. The number of aromatic nitrogens is 2. The van der Waals surface area contributed by atoms with Crippen LogP contribution in [0.5, 0.6) is 5.88 Å². The Morgan fingerprint density at radius 1 is 1.50 bits per heavy atom. The number of ether oxygens (including phenoxy) is 1. The molecular weight excluding hydrogens is 178 g/mol. The molecular formula is C10H13N3O. The topological polar surface area (TPSA) is 47.0 Å². The lowest BCUT2D eigenvalue weighted by Crippen LogP contribution is -2.26. The predicted molar refractivity (Wildman–Crippen MR) is 55.1 cm³/mol. The van der Waals surface area contributed by atoms with Crippen molar-refractivity contribution in [1.82, 2.24) is 9.97 Å². The third-order valence-corrected chi connectivity index (χ3v) is 1.61. The second kappa shape index (κ2) is 3.97. The summed E-state index contributed by atoms with van der Waals surface area (Å²) in [7, 11) is 1.78. The smallest absolute Gasteiger partial charge is 0.219 e. The Balaban J connectivity index is 2.83. The molecule has 0 aliphatic heterocycles. The fraction of sp³-hybridized carbons (Fsp3) is 0.400. The number of terminal acetylenes is 1. The molecule has 4 nitrogen and oxygen atoms in total. The molecule has 74 valence electrons. The SMILES string of the molecule is C#CC(C)(C)Oc1cc(NC)ncn1. The Labute approximate surface area is 83.7 Å². The van der Waals surface area contributed by atoms with Gasteiger partial charge in [-0.25, -0.2) is 9.97 Å². The fourth-order valence-corrected chi connectivity index (χ4v) is 0.823. The van der Waals surface area contributed by atoms with Crippen LogP contribution in [0.1, 0.15) is 13.8 Å². The van der Waals surface area contributed by atoms with Gasteiger partial charge >= 0.3 is 0 Å². The molecule has 0 radical (unpaired) electrons. The highest BCUT2D eigenvalue weighted by molar-refractivity contribution is 5.36. The van der Waals surface area contributed by atoms with E-state index in [1.165, 1.54) is 6.33 Å². The van der Waals surface area contributed by atoms with Crippen LogP contribution in [0.2, 0.25) is 0 Å². The molecule has 0 aromatic carbocycles. The van der Waals surface area contributed by atoms with Crippen LogP contribution >= 0.6 is 0 Å². The molecule has 0 aliphatic rings. The van der Waals surface area contributed by atoms with E-state index in [4.69, 9.17) is 11.2 Å². The summed E-state index contributed by atoms with van der Waals surface area (Å²) in [5.74, 6) is 3.69. The minimum absolute atomic E-state index is 0.465. The molecule has 4 heteroatoms. The Hall–Kier alpha value is -1.76. The molecule has 0 bridgehead atoms. The molecule has 0 spiro atoms. The number of anilines is 1. The maximum Gasteiger partial charge on any atom is 0.219 e. The van der Waals surface area contributed by atoms with Gasteiger partial charge in [0.05, 0.1) is 0 Å². The van der Waals surface area contributed by atoms with Gasteiger partial charge in [0.25, 0.3) is 0 Å². The van der Waals surface area contributed by atoms with Crippen molar-refractivity contribution in [3.63, 3.8) is 0 Å². The predicted octanol–water partition coefficient (Wildman–Crippen LogP) is 1.31. The molecule has 0 fully saturated rings. The molecule has 0 saturated heterocycles. The van der Waals surface area contributed by atoms with E-state index >= 15 is 0 Å². The minimum atomic E-state index is -0.653. The molecule has 0 aliphatic carbocycles. The normalized spacial score (nSPS) is 10.4. The zero-order valence-electron chi connectivity index (χ0n) is 8.53. The van der Waals surface area contributed by atoms with Crippen LogP contribution in [0.4, 0.5) is 5.82 Å². The molecule has 1 N–H and O–H groups in total. The average Bonchev–Trinajstić information content (AvgIpc) is 2.17. The zero-order chi connectivity index (χ0) is 10.6. The van der Waals surface area contributed by atoms with E-state index in [-0.39, 0.29) is 0 Å². The van der Waals surface area contributed by atoms with Crippen molar-refractivity contribution in [2.75, 3.05) is 12.4 Å². The molecule has 1 aromatic rings. The Morgan fingerprint density at radius 2 is 2.21 bits per heavy atom. The fourth-order valence-electron chi connectivity index (χ4n) is 0.823. The van der Waals surface area contributed by atoms with Gasteiger partial charge < -0.3 is 10.1 Å². The minimum Gasteiger partial charge on any atom is -0.458 e. The van der Waals surface area contributed by atoms with E-state index in [0.717, 1.165) is 0 Å². The van der Waals surface area contributed by atoms with E-state index in [0.29, 0.717) is 11.7 Å². The summed E-state index contributed by atoms with van der Waals surface area (Å²) in [6.07, 6.45) is 6.72. The van der Waals surface area contributed by atoms with Gasteiger partial charge in [-0.2, -0.15) is 0 Å². The highest BCUT2D eigenvalue weighted by atomic mass is 16.5. The number of nitrogens with one attached hydrogen (secondary N) is 1. The van der Waals surface area contributed by atoms with Crippen molar-refractivity contribution < 1.29 is 4.74 Å². The second-order valence-corrected chi connectivity index (χ2v) is 3.25. The monoisotopic (exact) mass is 191 g/mol. The molecule has 0 unspecified atom stereocenters. The standard InChI is InChI=1S/C10H13N3O/c1-5-10(2,3)14-9-6-8(11-4)12-7-13-9/h1,6-7H,2-4H3,(H,11,12,13). The van der Waals surface area contributed by atoms with Gasteiger partial charge in [-0.05, 0) is 13.8 Å². The van der Waals surface area contributed by atoms with Crippen LogP contribution in [0.25, 0.3) is 0 Å². The Morgan fingerprint density at radius 3 is 2.79 bits per heavy atom. The van der Waals surface area contributed by atoms with Crippen molar-refractivity contribution in [3.05, 3.63) is 12.4 Å². The van der Waals surface area contributed by atoms with E-state index in [9.17, 15) is 0 Å². The van der Waals surface area contributed by atoms with Crippen LogP contribution in [-0.4, -0.2) is 22.6 Å². The second-order valence-electron chi connectivity index (χ2n) is 3.25.